The maximum absolute atomic E-state index is 8.88. The van der Waals surface area contributed by atoms with Gasteiger partial charge in [-0.25, -0.2) is 4.57 Å². The fourth-order valence-electron chi connectivity index (χ4n) is 0. The molecule has 5 nitrogen and oxygen atoms in total. The van der Waals surface area contributed by atoms with Gasteiger partial charge in [0.25, 0.3) is 0 Å². The van der Waals surface area contributed by atoms with Gasteiger partial charge < -0.3 is 19.4 Å². The van der Waals surface area contributed by atoms with E-state index in [0.717, 1.165) is 0 Å². The first-order chi connectivity index (χ1) is 3.50. The van der Waals surface area contributed by atoms with Crippen molar-refractivity contribution in [3.05, 3.63) is 12.5 Å². The molecule has 0 aromatic rings. The largest absolute Gasteiger partial charge is 0.466 e. The molecule has 0 spiro atoms. The molecule has 0 radical (unpaired) electrons. The second kappa shape index (κ2) is 2.84. The second-order valence-corrected chi connectivity index (χ2v) is 1.95. The van der Waals surface area contributed by atoms with Crippen LogP contribution in [0.4, 0.5) is 0 Å². The van der Waals surface area contributed by atoms with Crippen LogP contribution in [0.1, 0.15) is 0 Å². The number of rotatable bonds is 0. The molecule has 0 bridgehead atoms. The molecule has 6 heteroatoms. The standard InChI is InChI=1S/C2H2O.H3O4P/c1-2-3-1;1-5(2,3)4/h1-2H;(H3,1,2,3,4). The van der Waals surface area contributed by atoms with E-state index < -0.39 is 7.82 Å². The van der Waals surface area contributed by atoms with Crippen LogP contribution in [0.3, 0.4) is 0 Å². The molecular weight excluding hydrogens is 135 g/mol. The van der Waals surface area contributed by atoms with Gasteiger partial charge in [-0.3, -0.25) is 0 Å². The van der Waals surface area contributed by atoms with Gasteiger partial charge in [0.2, 0.25) is 0 Å². The molecule has 0 saturated carbocycles. The summed E-state index contributed by atoms with van der Waals surface area (Å²) in [6.45, 7) is 0. The minimum Gasteiger partial charge on any atom is -0.466 e. The van der Waals surface area contributed by atoms with Crippen LogP contribution in [0.5, 0.6) is 0 Å². The van der Waals surface area contributed by atoms with E-state index in [1.807, 2.05) is 0 Å². The van der Waals surface area contributed by atoms with E-state index >= 15 is 0 Å². The van der Waals surface area contributed by atoms with Crippen LogP contribution in [0.25, 0.3) is 0 Å². The molecule has 0 fully saturated rings. The lowest BCUT2D eigenvalue weighted by molar-refractivity contribution is 0.275. The average molecular weight is 140 g/mol. The first-order valence-corrected chi connectivity index (χ1v) is 3.15. The number of hydrogen-bond acceptors (Lipinski definition) is 2. The molecule has 0 saturated heterocycles. The summed E-state index contributed by atoms with van der Waals surface area (Å²) in [6.07, 6.45) is 3.25. The lowest BCUT2D eigenvalue weighted by atomic mass is 11.3. The van der Waals surface area contributed by atoms with E-state index in [9.17, 15) is 0 Å². The van der Waals surface area contributed by atoms with Crippen LogP contribution >= 0.6 is 7.82 Å². The first-order valence-electron chi connectivity index (χ1n) is 1.59. The smallest absolute Gasteiger partial charge is 0.466 e. The van der Waals surface area contributed by atoms with Crippen LogP contribution in [0, 0.1) is 0 Å². The SMILES string of the molecule is C1=CO1.O=P(O)(O)O. The fraction of sp³-hybridized carbons (Fsp3) is 0. The topological polar surface area (TPSA) is 90.3 Å². The summed E-state index contributed by atoms with van der Waals surface area (Å²) in [5.74, 6) is 0. The van der Waals surface area contributed by atoms with Crippen molar-refractivity contribution >= 4 is 7.82 Å². The Labute approximate surface area is 45.5 Å². The molecule has 1 aliphatic heterocycles. The van der Waals surface area contributed by atoms with Gasteiger partial charge in [-0.2, -0.15) is 0 Å². The molecule has 0 aromatic heterocycles. The quantitative estimate of drug-likeness (QED) is 0.397. The monoisotopic (exact) mass is 140 g/mol. The average Bonchev–Trinajstić information content (AvgIpc) is 1.95. The molecule has 1 rings (SSSR count). The Hall–Kier alpha value is -0.350. The zero-order valence-electron chi connectivity index (χ0n) is 3.76. The first kappa shape index (κ1) is 7.65. The molecule has 0 atom stereocenters. The van der Waals surface area contributed by atoms with Crippen LogP contribution in [-0.4, -0.2) is 14.7 Å². The highest BCUT2D eigenvalue weighted by atomic mass is 31.2. The zero-order chi connectivity index (χ0) is 6.62. The van der Waals surface area contributed by atoms with Gasteiger partial charge in [0.15, 0.2) is 0 Å². The molecule has 0 aromatic carbocycles. The minimum atomic E-state index is -4.64. The van der Waals surface area contributed by atoms with Gasteiger partial charge in [0, 0.05) is 0 Å². The van der Waals surface area contributed by atoms with E-state index in [2.05, 4.69) is 4.74 Å². The van der Waals surface area contributed by atoms with Gasteiger partial charge in [-0.15, -0.1) is 0 Å². The van der Waals surface area contributed by atoms with E-state index in [1.54, 1.807) is 12.5 Å². The zero-order valence-corrected chi connectivity index (χ0v) is 4.65. The predicted octanol–water partition coefficient (Wildman–Crippen LogP) is -0.441. The van der Waals surface area contributed by atoms with Crippen molar-refractivity contribution in [1.29, 1.82) is 0 Å². The Balaban J connectivity index is 0.000000135. The number of hydrogen-bond donors (Lipinski definition) is 3. The van der Waals surface area contributed by atoms with Crippen molar-refractivity contribution < 1.29 is 24.0 Å². The van der Waals surface area contributed by atoms with Crippen LogP contribution < -0.4 is 0 Å². The van der Waals surface area contributed by atoms with Crippen molar-refractivity contribution in [2.75, 3.05) is 0 Å². The summed E-state index contributed by atoms with van der Waals surface area (Å²) in [7, 11) is -4.64. The van der Waals surface area contributed by atoms with E-state index in [0.29, 0.717) is 0 Å². The number of ether oxygens (including phenoxy) is 1. The molecule has 3 N–H and O–H groups in total. The third kappa shape index (κ3) is 289. The molecule has 8 heavy (non-hydrogen) atoms. The number of phosphoric acid groups is 1. The Morgan fingerprint density at radius 2 is 1.38 bits per heavy atom. The van der Waals surface area contributed by atoms with Gasteiger partial charge in [0.05, 0.1) is 0 Å². The third-order valence-electron chi connectivity index (χ3n) is 0.136. The Morgan fingerprint density at radius 1 is 1.25 bits per heavy atom. The Morgan fingerprint density at radius 3 is 1.38 bits per heavy atom. The van der Waals surface area contributed by atoms with Crippen LogP contribution in [0.15, 0.2) is 12.5 Å². The fourth-order valence-corrected chi connectivity index (χ4v) is 0. The lowest BCUT2D eigenvalue weighted by Crippen LogP contribution is -1.66. The third-order valence-corrected chi connectivity index (χ3v) is 0.136. The highest BCUT2D eigenvalue weighted by Crippen LogP contribution is 2.25. The van der Waals surface area contributed by atoms with Crippen LogP contribution in [-0.2, 0) is 9.30 Å². The van der Waals surface area contributed by atoms with Gasteiger partial charge in [0.1, 0.15) is 12.5 Å². The summed E-state index contributed by atoms with van der Waals surface area (Å²) in [4.78, 5) is 21.6. The highest BCUT2D eigenvalue weighted by Gasteiger charge is 2.00. The summed E-state index contributed by atoms with van der Waals surface area (Å²) in [5, 5.41) is 0. The predicted molar refractivity (Wildman–Crippen MR) is 24.5 cm³/mol. The van der Waals surface area contributed by atoms with Gasteiger partial charge in [-0.1, -0.05) is 0 Å². The van der Waals surface area contributed by atoms with Crippen molar-refractivity contribution in [2.24, 2.45) is 0 Å². The summed E-state index contributed by atoms with van der Waals surface area (Å²) in [6, 6.07) is 0. The minimum absolute atomic E-state index is 1.62. The van der Waals surface area contributed by atoms with Gasteiger partial charge in [-0.05, 0) is 0 Å². The van der Waals surface area contributed by atoms with Crippen molar-refractivity contribution in [3.8, 4) is 0 Å². The molecule has 0 amide bonds. The summed E-state index contributed by atoms with van der Waals surface area (Å²) >= 11 is 0. The molecule has 1 aliphatic rings. The molecule has 0 unspecified atom stereocenters. The van der Waals surface area contributed by atoms with Crippen LogP contribution in [0.2, 0.25) is 0 Å². The highest BCUT2D eigenvalue weighted by molar-refractivity contribution is 7.45. The summed E-state index contributed by atoms with van der Waals surface area (Å²) < 4.78 is 13.1. The van der Waals surface area contributed by atoms with E-state index in [-0.39, 0.29) is 0 Å². The summed E-state index contributed by atoms with van der Waals surface area (Å²) in [5.41, 5.74) is 0. The normalized spacial score (nSPS) is 13.4. The van der Waals surface area contributed by atoms with Crippen molar-refractivity contribution in [2.45, 2.75) is 0 Å². The Bertz CT molecular complexity index is 110. The molecule has 48 valence electrons. The van der Waals surface area contributed by atoms with E-state index in [4.69, 9.17) is 19.2 Å². The maximum Gasteiger partial charge on any atom is 0.466 e. The molecule has 0 aliphatic carbocycles. The lowest BCUT2D eigenvalue weighted by Gasteiger charge is -1.82. The van der Waals surface area contributed by atoms with Crippen molar-refractivity contribution in [1.82, 2.24) is 0 Å². The van der Waals surface area contributed by atoms with Gasteiger partial charge >= 0.3 is 7.82 Å². The maximum atomic E-state index is 8.88. The van der Waals surface area contributed by atoms with Crippen molar-refractivity contribution in [3.63, 3.8) is 0 Å². The van der Waals surface area contributed by atoms with E-state index in [1.165, 1.54) is 0 Å². The molecule has 1 heterocycles. The Kier molecular flexibility index (Phi) is 2.71. The molecular formula is C2H5O5P. The second-order valence-electron chi connectivity index (χ2n) is 0.922.